The maximum absolute atomic E-state index is 13.1. The van der Waals surface area contributed by atoms with Gasteiger partial charge in [-0.15, -0.1) is 0 Å². The van der Waals surface area contributed by atoms with E-state index in [0.717, 1.165) is 42.8 Å². The van der Waals surface area contributed by atoms with Crippen LogP contribution in [0.15, 0.2) is 24.3 Å². The number of likely N-dealkylation sites (tertiary alicyclic amines) is 2. The first kappa shape index (κ1) is 19.9. The van der Waals surface area contributed by atoms with Gasteiger partial charge in [-0.3, -0.25) is 9.59 Å². The van der Waals surface area contributed by atoms with Gasteiger partial charge in [0, 0.05) is 37.5 Å². The lowest BCUT2D eigenvalue weighted by atomic mass is 10.1. The summed E-state index contributed by atoms with van der Waals surface area (Å²) in [7, 11) is 0. The molecule has 2 aliphatic rings. The highest BCUT2D eigenvalue weighted by molar-refractivity contribution is 5.83. The van der Waals surface area contributed by atoms with Crippen LogP contribution in [0, 0.1) is 0 Å². The molecule has 156 valence electrons. The Balaban J connectivity index is 1.65. The highest BCUT2D eigenvalue weighted by atomic mass is 16.2. The van der Waals surface area contributed by atoms with Crippen LogP contribution in [0.25, 0.3) is 11.0 Å². The van der Waals surface area contributed by atoms with Gasteiger partial charge in [0.05, 0.1) is 11.0 Å². The molecule has 2 aliphatic heterocycles. The Labute approximate surface area is 172 Å². The highest BCUT2D eigenvalue weighted by Crippen LogP contribution is 2.34. The standard InChI is InChI=1S/C23H32N4O2/c1-23(2,3)27-15-17(14-20(27)28)22-24-18-10-6-7-11-19(18)26(22)16-21(29)25-12-8-4-5-9-13-25/h6-7,10-11,17H,4-5,8-9,12-16H2,1-3H3/t17-/m1/s1. The van der Waals surface area contributed by atoms with Crippen molar-refractivity contribution in [2.45, 2.75) is 70.9 Å². The molecule has 0 spiro atoms. The van der Waals surface area contributed by atoms with Crippen LogP contribution in [0.3, 0.4) is 0 Å². The Morgan fingerprint density at radius 2 is 1.79 bits per heavy atom. The fourth-order valence-electron chi connectivity index (χ4n) is 4.66. The maximum Gasteiger partial charge on any atom is 0.242 e. The van der Waals surface area contributed by atoms with Crippen LogP contribution in [-0.2, 0) is 16.1 Å². The number of rotatable bonds is 3. The van der Waals surface area contributed by atoms with Gasteiger partial charge in [-0.2, -0.15) is 0 Å². The van der Waals surface area contributed by atoms with Crippen molar-refractivity contribution in [2.75, 3.05) is 19.6 Å². The smallest absolute Gasteiger partial charge is 0.242 e. The van der Waals surface area contributed by atoms with Crippen molar-refractivity contribution in [1.29, 1.82) is 0 Å². The number of imidazole rings is 1. The molecule has 0 radical (unpaired) electrons. The van der Waals surface area contributed by atoms with Crippen molar-refractivity contribution in [2.24, 2.45) is 0 Å². The number of para-hydroxylation sites is 2. The molecule has 2 fully saturated rings. The number of amides is 2. The average molecular weight is 397 g/mol. The molecule has 1 atom stereocenters. The first-order valence-corrected chi connectivity index (χ1v) is 10.9. The number of benzene rings is 1. The Bertz CT molecular complexity index is 903. The third kappa shape index (κ3) is 4.02. The van der Waals surface area contributed by atoms with Crippen molar-refractivity contribution >= 4 is 22.8 Å². The molecule has 1 aromatic heterocycles. The first-order valence-electron chi connectivity index (χ1n) is 10.9. The topological polar surface area (TPSA) is 58.4 Å². The largest absolute Gasteiger partial charge is 0.341 e. The van der Waals surface area contributed by atoms with Crippen LogP contribution < -0.4 is 0 Å². The first-order chi connectivity index (χ1) is 13.8. The van der Waals surface area contributed by atoms with Crippen molar-refractivity contribution in [1.82, 2.24) is 19.4 Å². The second kappa shape index (κ2) is 7.81. The molecule has 0 unspecified atom stereocenters. The molecule has 6 nitrogen and oxygen atoms in total. The lowest BCUT2D eigenvalue weighted by Crippen LogP contribution is -2.42. The summed E-state index contributed by atoms with van der Waals surface area (Å²) in [6.45, 7) is 8.86. The number of hydrogen-bond acceptors (Lipinski definition) is 3. The molecule has 0 N–H and O–H groups in total. The third-order valence-corrected chi connectivity index (χ3v) is 6.24. The Kier molecular flexibility index (Phi) is 5.36. The summed E-state index contributed by atoms with van der Waals surface area (Å²) >= 11 is 0. The molecule has 1 aromatic carbocycles. The van der Waals surface area contributed by atoms with E-state index in [0.29, 0.717) is 19.5 Å². The van der Waals surface area contributed by atoms with E-state index in [2.05, 4.69) is 25.3 Å². The van der Waals surface area contributed by atoms with E-state index in [1.807, 2.05) is 34.1 Å². The van der Waals surface area contributed by atoms with Gasteiger partial charge in [-0.05, 0) is 45.7 Å². The molecule has 0 aliphatic carbocycles. The summed E-state index contributed by atoms with van der Waals surface area (Å²) in [5, 5.41) is 0. The minimum absolute atomic E-state index is 0.0195. The molecule has 4 rings (SSSR count). The lowest BCUT2D eigenvalue weighted by Gasteiger charge is -2.32. The molecular weight excluding hydrogens is 364 g/mol. The van der Waals surface area contributed by atoms with E-state index in [9.17, 15) is 9.59 Å². The number of fused-ring (bicyclic) bond motifs is 1. The molecule has 2 saturated heterocycles. The lowest BCUT2D eigenvalue weighted by molar-refractivity contribution is -0.132. The SMILES string of the molecule is CC(C)(C)N1C[C@H](c2nc3ccccc3n2CC(=O)N2CCCCCC2)CC1=O. The minimum atomic E-state index is -0.204. The van der Waals surface area contributed by atoms with Crippen LogP contribution >= 0.6 is 0 Å². The van der Waals surface area contributed by atoms with Crippen molar-refractivity contribution in [3.8, 4) is 0 Å². The van der Waals surface area contributed by atoms with Crippen molar-refractivity contribution < 1.29 is 9.59 Å². The van der Waals surface area contributed by atoms with Gasteiger partial charge in [-0.25, -0.2) is 4.98 Å². The maximum atomic E-state index is 13.1. The number of hydrogen-bond donors (Lipinski definition) is 0. The van der Waals surface area contributed by atoms with E-state index in [-0.39, 0.29) is 23.3 Å². The summed E-state index contributed by atoms with van der Waals surface area (Å²) in [5.74, 6) is 1.22. The van der Waals surface area contributed by atoms with Crippen LogP contribution in [0.4, 0.5) is 0 Å². The summed E-state index contributed by atoms with van der Waals surface area (Å²) < 4.78 is 2.06. The zero-order chi connectivity index (χ0) is 20.6. The highest BCUT2D eigenvalue weighted by Gasteiger charge is 2.39. The predicted molar refractivity (Wildman–Crippen MR) is 114 cm³/mol. The molecule has 0 bridgehead atoms. The van der Waals surface area contributed by atoms with Crippen LogP contribution in [0.5, 0.6) is 0 Å². The second-order valence-electron chi connectivity index (χ2n) is 9.42. The molecule has 2 aromatic rings. The quantitative estimate of drug-likeness (QED) is 0.797. The van der Waals surface area contributed by atoms with Gasteiger partial charge in [-0.1, -0.05) is 25.0 Å². The molecule has 2 amide bonds. The third-order valence-electron chi connectivity index (χ3n) is 6.24. The van der Waals surface area contributed by atoms with Gasteiger partial charge < -0.3 is 14.4 Å². The van der Waals surface area contributed by atoms with Crippen molar-refractivity contribution in [3.63, 3.8) is 0 Å². The second-order valence-corrected chi connectivity index (χ2v) is 9.42. The van der Waals surface area contributed by atoms with Crippen LogP contribution in [0.2, 0.25) is 0 Å². The van der Waals surface area contributed by atoms with Gasteiger partial charge in [0.25, 0.3) is 0 Å². The molecule has 0 saturated carbocycles. The van der Waals surface area contributed by atoms with Crippen LogP contribution in [0.1, 0.15) is 64.6 Å². The average Bonchev–Trinajstić information content (AvgIpc) is 3.11. The number of carbonyl (C=O) groups is 2. The number of nitrogens with zero attached hydrogens (tertiary/aromatic N) is 4. The Morgan fingerprint density at radius 3 is 2.45 bits per heavy atom. The fraction of sp³-hybridized carbons (Fsp3) is 0.609. The summed E-state index contributed by atoms with van der Waals surface area (Å²) in [6, 6.07) is 7.98. The fourth-order valence-corrected chi connectivity index (χ4v) is 4.66. The van der Waals surface area contributed by atoms with E-state index >= 15 is 0 Å². The Morgan fingerprint density at radius 1 is 1.10 bits per heavy atom. The zero-order valence-corrected chi connectivity index (χ0v) is 17.9. The zero-order valence-electron chi connectivity index (χ0n) is 17.9. The van der Waals surface area contributed by atoms with E-state index < -0.39 is 0 Å². The number of aromatic nitrogens is 2. The van der Waals surface area contributed by atoms with Crippen LogP contribution in [-0.4, -0.2) is 56.3 Å². The van der Waals surface area contributed by atoms with E-state index in [1.54, 1.807) is 0 Å². The predicted octanol–water partition coefficient (Wildman–Crippen LogP) is 3.55. The van der Waals surface area contributed by atoms with E-state index in [4.69, 9.17) is 4.98 Å². The molecular formula is C23H32N4O2. The summed E-state index contributed by atoms with van der Waals surface area (Å²) in [6.07, 6.45) is 5.03. The Hall–Kier alpha value is -2.37. The normalized spacial score (nSPS) is 21.1. The van der Waals surface area contributed by atoms with E-state index in [1.165, 1.54) is 12.8 Å². The minimum Gasteiger partial charge on any atom is -0.341 e. The van der Waals surface area contributed by atoms with Gasteiger partial charge in [0.15, 0.2) is 0 Å². The van der Waals surface area contributed by atoms with Gasteiger partial charge in [0.1, 0.15) is 12.4 Å². The summed E-state index contributed by atoms with van der Waals surface area (Å²) in [4.78, 5) is 34.6. The molecule has 6 heteroatoms. The molecule has 29 heavy (non-hydrogen) atoms. The summed E-state index contributed by atoms with van der Waals surface area (Å²) in [5.41, 5.74) is 1.67. The van der Waals surface area contributed by atoms with Crippen molar-refractivity contribution in [3.05, 3.63) is 30.1 Å². The number of carbonyl (C=O) groups excluding carboxylic acids is 2. The molecule has 3 heterocycles. The monoisotopic (exact) mass is 396 g/mol. The van der Waals surface area contributed by atoms with Gasteiger partial charge in [0.2, 0.25) is 11.8 Å². The van der Waals surface area contributed by atoms with Gasteiger partial charge >= 0.3 is 0 Å².